The molecule has 0 fully saturated rings. The van der Waals surface area contributed by atoms with E-state index in [9.17, 15) is 4.39 Å². The van der Waals surface area contributed by atoms with Crippen LogP contribution in [0.3, 0.4) is 0 Å². The van der Waals surface area contributed by atoms with Gasteiger partial charge in [0.25, 0.3) is 0 Å². The molecule has 0 radical (unpaired) electrons. The van der Waals surface area contributed by atoms with Crippen molar-refractivity contribution < 1.29 is 8.91 Å². The third kappa shape index (κ3) is 2.67. The van der Waals surface area contributed by atoms with Crippen molar-refractivity contribution in [1.29, 1.82) is 10.5 Å². The standard InChI is InChI=1S/C12H8FN5O/c1-8-16-12(17-19-8)6-18(7-15)10-2-3-11(13)9(4-10)5-14/h2-4H,6H2,1H3. The molecule has 1 aromatic heterocycles. The van der Waals surface area contributed by atoms with Gasteiger partial charge in [-0.15, -0.1) is 0 Å². The van der Waals surface area contributed by atoms with Crippen LogP contribution >= 0.6 is 0 Å². The van der Waals surface area contributed by atoms with Crippen LogP contribution in [-0.4, -0.2) is 10.1 Å². The fraction of sp³-hybridized carbons (Fsp3) is 0.167. The molecule has 0 aliphatic rings. The zero-order chi connectivity index (χ0) is 13.8. The number of nitriles is 2. The van der Waals surface area contributed by atoms with Gasteiger partial charge in [-0.2, -0.15) is 15.5 Å². The summed E-state index contributed by atoms with van der Waals surface area (Å²) < 4.78 is 18.0. The summed E-state index contributed by atoms with van der Waals surface area (Å²) in [5.74, 6) is 0.103. The van der Waals surface area contributed by atoms with Gasteiger partial charge in [0, 0.05) is 6.92 Å². The largest absolute Gasteiger partial charge is 0.340 e. The van der Waals surface area contributed by atoms with E-state index in [2.05, 4.69) is 10.1 Å². The van der Waals surface area contributed by atoms with Crippen molar-refractivity contribution >= 4 is 5.69 Å². The fourth-order valence-corrected chi connectivity index (χ4v) is 1.50. The number of rotatable bonds is 3. The van der Waals surface area contributed by atoms with Crippen molar-refractivity contribution in [2.45, 2.75) is 13.5 Å². The molecule has 0 aliphatic carbocycles. The minimum atomic E-state index is -0.625. The third-order valence-corrected chi connectivity index (χ3v) is 2.37. The minimum Gasteiger partial charge on any atom is -0.340 e. The SMILES string of the molecule is Cc1nc(CN(C#N)c2ccc(F)c(C#N)c2)no1. The Labute approximate surface area is 108 Å². The van der Waals surface area contributed by atoms with E-state index in [0.717, 1.165) is 6.07 Å². The van der Waals surface area contributed by atoms with Crippen molar-refractivity contribution in [1.82, 2.24) is 10.1 Å². The van der Waals surface area contributed by atoms with Crippen molar-refractivity contribution in [2.24, 2.45) is 0 Å². The molecule has 0 saturated heterocycles. The van der Waals surface area contributed by atoms with Gasteiger partial charge in [0.2, 0.25) is 5.89 Å². The summed E-state index contributed by atoms with van der Waals surface area (Å²) >= 11 is 0. The van der Waals surface area contributed by atoms with Gasteiger partial charge in [0.1, 0.15) is 11.9 Å². The zero-order valence-electron chi connectivity index (χ0n) is 9.96. The smallest absolute Gasteiger partial charge is 0.223 e. The van der Waals surface area contributed by atoms with Gasteiger partial charge >= 0.3 is 0 Å². The highest BCUT2D eigenvalue weighted by Crippen LogP contribution is 2.19. The van der Waals surface area contributed by atoms with Crippen molar-refractivity contribution in [2.75, 3.05) is 4.90 Å². The molecule has 0 bridgehead atoms. The van der Waals surface area contributed by atoms with E-state index in [1.54, 1.807) is 13.0 Å². The maximum absolute atomic E-state index is 13.2. The summed E-state index contributed by atoms with van der Waals surface area (Å²) in [4.78, 5) is 5.22. The average Bonchev–Trinajstić information content (AvgIpc) is 2.82. The monoisotopic (exact) mass is 257 g/mol. The molecular weight excluding hydrogens is 249 g/mol. The Morgan fingerprint density at radius 1 is 1.42 bits per heavy atom. The van der Waals surface area contributed by atoms with Gasteiger partial charge in [-0.05, 0) is 18.2 Å². The molecule has 2 rings (SSSR count). The Hall–Kier alpha value is -2.93. The van der Waals surface area contributed by atoms with Crippen LogP contribution < -0.4 is 4.90 Å². The van der Waals surface area contributed by atoms with Gasteiger partial charge < -0.3 is 4.52 Å². The Morgan fingerprint density at radius 2 is 2.21 bits per heavy atom. The Bertz CT molecular complexity index is 682. The molecule has 6 nitrogen and oxygen atoms in total. The first-order chi connectivity index (χ1) is 9.13. The Balaban J connectivity index is 2.28. The molecule has 0 unspecified atom stereocenters. The predicted molar refractivity (Wildman–Crippen MR) is 61.9 cm³/mol. The molecular formula is C12H8FN5O. The second-order valence-corrected chi connectivity index (χ2v) is 3.69. The van der Waals surface area contributed by atoms with Crippen LogP contribution in [0.2, 0.25) is 0 Å². The number of nitrogens with zero attached hydrogens (tertiary/aromatic N) is 5. The number of hydrogen-bond acceptors (Lipinski definition) is 6. The normalized spacial score (nSPS) is 9.68. The van der Waals surface area contributed by atoms with Gasteiger partial charge in [0.15, 0.2) is 12.0 Å². The van der Waals surface area contributed by atoms with Crippen molar-refractivity contribution in [3.63, 3.8) is 0 Å². The number of halogens is 1. The zero-order valence-corrected chi connectivity index (χ0v) is 9.96. The van der Waals surface area contributed by atoms with Gasteiger partial charge in [-0.25, -0.2) is 4.39 Å². The first-order valence-electron chi connectivity index (χ1n) is 5.30. The average molecular weight is 257 g/mol. The van der Waals surface area contributed by atoms with Crippen LogP contribution in [-0.2, 0) is 6.54 Å². The third-order valence-electron chi connectivity index (χ3n) is 2.37. The quantitative estimate of drug-likeness (QED) is 0.616. The molecule has 19 heavy (non-hydrogen) atoms. The summed E-state index contributed by atoms with van der Waals surface area (Å²) in [6, 6.07) is 5.57. The molecule has 0 atom stereocenters. The van der Waals surface area contributed by atoms with E-state index in [1.807, 2.05) is 6.19 Å². The van der Waals surface area contributed by atoms with Crippen LogP contribution in [0.25, 0.3) is 0 Å². The van der Waals surface area contributed by atoms with Crippen LogP contribution in [0.15, 0.2) is 22.7 Å². The molecule has 0 spiro atoms. The first kappa shape index (κ1) is 12.5. The highest BCUT2D eigenvalue weighted by molar-refractivity contribution is 5.54. The highest BCUT2D eigenvalue weighted by Gasteiger charge is 2.13. The van der Waals surface area contributed by atoms with Crippen LogP contribution in [0, 0.1) is 35.5 Å². The number of aromatic nitrogens is 2. The van der Waals surface area contributed by atoms with Crippen molar-refractivity contribution in [3.8, 4) is 12.3 Å². The van der Waals surface area contributed by atoms with Gasteiger partial charge in [-0.3, -0.25) is 4.90 Å². The molecule has 94 valence electrons. The lowest BCUT2D eigenvalue weighted by Crippen LogP contribution is -2.17. The lowest BCUT2D eigenvalue weighted by molar-refractivity contribution is 0.387. The molecule has 2 aromatic rings. The van der Waals surface area contributed by atoms with Crippen LogP contribution in [0.4, 0.5) is 10.1 Å². The highest BCUT2D eigenvalue weighted by atomic mass is 19.1. The molecule has 0 saturated carbocycles. The predicted octanol–water partition coefficient (Wildman–Crippen LogP) is 1.88. The first-order valence-corrected chi connectivity index (χ1v) is 5.30. The Morgan fingerprint density at radius 3 is 2.79 bits per heavy atom. The molecule has 0 amide bonds. The molecule has 7 heteroatoms. The lowest BCUT2D eigenvalue weighted by atomic mass is 10.2. The number of hydrogen-bond donors (Lipinski definition) is 0. The summed E-state index contributed by atoms with van der Waals surface area (Å²) in [6.45, 7) is 1.73. The van der Waals surface area contributed by atoms with E-state index in [-0.39, 0.29) is 12.1 Å². The maximum atomic E-state index is 13.2. The van der Waals surface area contributed by atoms with Crippen LogP contribution in [0.5, 0.6) is 0 Å². The van der Waals surface area contributed by atoms with Crippen molar-refractivity contribution in [3.05, 3.63) is 41.3 Å². The number of benzene rings is 1. The molecule has 0 N–H and O–H groups in total. The topological polar surface area (TPSA) is 89.7 Å². The Kier molecular flexibility index (Phi) is 3.39. The van der Waals surface area contributed by atoms with E-state index >= 15 is 0 Å². The molecule has 1 aromatic carbocycles. The van der Waals surface area contributed by atoms with E-state index in [4.69, 9.17) is 15.0 Å². The number of aryl methyl sites for hydroxylation is 1. The van der Waals surface area contributed by atoms with Gasteiger partial charge in [-0.1, -0.05) is 5.16 Å². The number of anilines is 1. The summed E-state index contributed by atoms with van der Waals surface area (Å²) in [6.07, 6.45) is 1.93. The lowest BCUT2D eigenvalue weighted by Gasteiger charge is -2.13. The second-order valence-electron chi connectivity index (χ2n) is 3.69. The summed E-state index contributed by atoms with van der Waals surface area (Å²) in [5.41, 5.74) is 0.268. The second kappa shape index (κ2) is 5.15. The molecule has 0 aliphatic heterocycles. The summed E-state index contributed by atoms with van der Waals surface area (Å²) in [5, 5.41) is 21.5. The minimum absolute atomic E-state index is 0.0876. The maximum Gasteiger partial charge on any atom is 0.223 e. The van der Waals surface area contributed by atoms with Crippen LogP contribution in [0.1, 0.15) is 17.3 Å². The van der Waals surface area contributed by atoms with Gasteiger partial charge in [0.05, 0.1) is 17.8 Å². The van der Waals surface area contributed by atoms with E-state index in [0.29, 0.717) is 17.4 Å². The van der Waals surface area contributed by atoms with E-state index < -0.39 is 5.82 Å². The summed E-state index contributed by atoms with van der Waals surface area (Å²) in [7, 11) is 0. The molecule has 1 heterocycles. The fourth-order valence-electron chi connectivity index (χ4n) is 1.50. The van der Waals surface area contributed by atoms with E-state index in [1.165, 1.54) is 17.0 Å².